The van der Waals surface area contributed by atoms with Crippen molar-refractivity contribution in [3.63, 3.8) is 0 Å². The van der Waals surface area contributed by atoms with Crippen LogP contribution in [0.4, 0.5) is 0 Å². The van der Waals surface area contributed by atoms with Crippen molar-refractivity contribution in [2.45, 2.75) is 26.3 Å². The van der Waals surface area contributed by atoms with E-state index in [9.17, 15) is 4.79 Å². The molecule has 132 valence electrons. The number of nitrogens with two attached hydrogens (primary N) is 1. The summed E-state index contributed by atoms with van der Waals surface area (Å²) in [5, 5.41) is 4.09. The molecule has 6 heteroatoms. The zero-order chi connectivity index (χ0) is 16.2. The van der Waals surface area contributed by atoms with E-state index in [2.05, 4.69) is 16.3 Å². The molecule has 1 fully saturated rings. The Hall–Kier alpha value is -1.56. The lowest BCUT2D eigenvalue weighted by Crippen LogP contribution is -2.43. The topological polar surface area (TPSA) is 71.5 Å². The van der Waals surface area contributed by atoms with Gasteiger partial charge < -0.3 is 15.5 Å². The number of rotatable bonds is 5. The Bertz CT molecular complexity index is 686. The number of hydrogen-bond donors (Lipinski definition) is 2. The average Bonchev–Trinajstić information content (AvgIpc) is 2.89. The van der Waals surface area contributed by atoms with Crippen molar-refractivity contribution >= 4 is 29.3 Å². The second kappa shape index (κ2) is 8.51. The van der Waals surface area contributed by atoms with Crippen LogP contribution >= 0.6 is 12.4 Å². The number of furan rings is 1. The summed E-state index contributed by atoms with van der Waals surface area (Å²) in [6.07, 6.45) is 2.01. The van der Waals surface area contributed by atoms with Crippen LogP contribution < -0.4 is 11.1 Å². The van der Waals surface area contributed by atoms with Gasteiger partial charge >= 0.3 is 0 Å². The fourth-order valence-corrected chi connectivity index (χ4v) is 3.39. The summed E-state index contributed by atoms with van der Waals surface area (Å²) in [4.78, 5) is 14.5. The first-order valence-electron chi connectivity index (χ1n) is 8.36. The molecule has 3 rings (SSSR count). The van der Waals surface area contributed by atoms with Crippen LogP contribution in [0, 0.1) is 12.8 Å². The normalized spacial score (nSPS) is 18.3. The first-order valence-corrected chi connectivity index (χ1v) is 8.36. The number of piperidine rings is 1. The van der Waals surface area contributed by atoms with E-state index in [0.29, 0.717) is 13.1 Å². The van der Waals surface area contributed by atoms with Gasteiger partial charge in [-0.3, -0.25) is 9.69 Å². The van der Waals surface area contributed by atoms with Crippen molar-refractivity contribution in [2.24, 2.45) is 11.7 Å². The molecule has 0 spiro atoms. The number of hydrogen-bond acceptors (Lipinski definition) is 4. The highest BCUT2D eigenvalue weighted by Crippen LogP contribution is 2.28. The predicted octanol–water partition coefficient (Wildman–Crippen LogP) is 2.45. The third-order valence-corrected chi connectivity index (χ3v) is 4.60. The molecule has 0 bridgehead atoms. The Kier molecular flexibility index (Phi) is 6.66. The average molecular weight is 352 g/mol. The number of nitrogens with zero attached hydrogens (tertiary/aromatic N) is 1. The number of amides is 1. The maximum atomic E-state index is 12.2. The number of para-hydroxylation sites is 1. The van der Waals surface area contributed by atoms with E-state index in [1.165, 1.54) is 10.9 Å². The molecule has 0 radical (unpaired) electrons. The van der Waals surface area contributed by atoms with Crippen molar-refractivity contribution < 1.29 is 9.21 Å². The van der Waals surface area contributed by atoms with Crippen molar-refractivity contribution in [3.05, 3.63) is 35.6 Å². The van der Waals surface area contributed by atoms with Gasteiger partial charge in [0.25, 0.3) is 0 Å². The fourth-order valence-electron chi connectivity index (χ4n) is 3.39. The van der Waals surface area contributed by atoms with Gasteiger partial charge in [0.05, 0.1) is 5.92 Å². The lowest BCUT2D eigenvalue weighted by Gasteiger charge is -2.32. The second-order valence-electron chi connectivity index (χ2n) is 6.29. The van der Waals surface area contributed by atoms with E-state index in [1.54, 1.807) is 0 Å². The molecule has 1 atom stereocenters. The molecule has 5 nitrogen and oxygen atoms in total. The predicted molar refractivity (Wildman–Crippen MR) is 98.3 cm³/mol. The van der Waals surface area contributed by atoms with E-state index in [-0.39, 0.29) is 24.2 Å². The van der Waals surface area contributed by atoms with Crippen LogP contribution in [-0.4, -0.2) is 37.0 Å². The molecule has 3 N–H and O–H groups in total. The third kappa shape index (κ3) is 4.09. The molecule has 2 heterocycles. The minimum Gasteiger partial charge on any atom is -0.461 e. The van der Waals surface area contributed by atoms with Crippen LogP contribution in [0.15, 0.2) is 28.7 Å². The molecule has 1 aromatic heterocycles. The van der Waals surface area contributed by atoms with Crippen molar-refractivity contribution in [3.8, 4) is 0 Å². The Labute approximate surface area is 149 Å². The van der Waals surface area contributed by atoms with Crippen LogP contribution in [0.3, 0.4) is 0 Å². The van der Waals surface area contributed by atoms with Gasteiger partial charge in [0.15, 0.2) is 0 Å². The van der Waals surface area contributed by atoms with Gasteiger partial charge in [-0.1, -0.05) is 18.2 Å². The molecule has 24 heavy (non-hydrogen) atoms. The van der Waals surface area contributed by atoms with Crippen LogP contribution in [0.25, 0.3) is 11.0 Å². The SMILES string of the molecule is Cc1oc2ccccc2c1CN1CCCC(C(=O)NCCN)C1.Cl. The molecule has 2 aromatic rings. The monoisotopic (exact) mass is 351 g/mol. The molecular weight excluding hydrogens is 326 g/mol. The zero-order valence-corrected chi connectivity index (χ0v) is 14.9. The number of carbonyl (C=O) groups is 1. The van der Waals surface area contributed by atoms with Crippen molar-refractivity contribution in [2.75, 3.05) is 26.2 Å². The largest absolute Gasteiger partial charge is 0.461 e. The van der Waals surface area contributed by atoms with Crippen LogP contribution in [-0.2, 0) is 11.3 Å². The number of nitrogens with one attached hydrogen (secondary N) is 1. The molecule has 1 unspecified atom stereocenters. The van der Waals surface area contributed by atoms with Crippen molar-refractivity contribution in [1.29, 1.82) is 0 Å². The molecule has 1 aliphatic rings. The first-order chi connectivity index (χ1) is 11.2. The molecule has 1 amide bonds. The van der Waals surface area contributed by atoms with E-state index >= 15 is 0 Å². The van der Waals surface area contributed by atoms with Gasteiger partial charge in [0.2, 0.25) is 5.91 Å². The van der Waals surface area contributed by atoms with Crippen LogP contribution in [0.5, 0.6) is 0 Å². The van der Waals surface area contributed by atoms with Crippen LogP contribution in [0.1, 0.15) is 24.2 Å². The summed E-state index contributed by atoms with van der Waals surface area (Å²) >= 11 is 0. The van der Waals surface area contributed by atoms with Crippen molar-refractivity contribution in [1.82, 2.24) is 10.2 Å². The Morgan fingerprint density at radius 1 is 1.42 bits per heavy atom. The van der Waals surface area contributed by atoms with Gasteiger partial charge in [-0.2, -0.15) is 0 Å². The molecule has 0 aliphatic carbocycles. The highest BCUT2D eigenvalue weighted by atomic mass is 35.5. The molecule has 0 saturated carbocycles. The highest BCUT2D eigenvalue weighted by molar-refractivity contribution is 5.85. The summed E-state index contributed by atoms with van der Waals surface area (Å²) in [6, 6.07) is 8.15. The number of benzene rings is 1. The Balaban J connectivity index is 0.00000208. The maximum absolute atomic E-state index is 12.2. The number of aryl methyl sites for hydroxylation is 1. The van der Waals surface area contributed by atoms with Gasteiger partial charge in [0.1, 0.15) is 11.3 Å². The lowest BCUT2D eigenvalue weighted by atomic mass is 9.96. The van der Waals surface area contributed by atoms with Gasteiger partial charge in [0, 0.05) is 37.1 Å². The summed E-state index contributed by atoms with van der Waals surface area (Å²) < 4.78 is 5.85. The number of halogens is 1. The molecule has 1 saturated heterocycles. The number of carbonyl (C=O) groups excluding carboxylic acids is 1. The maximum Gasteiger partial charge on any atom is 0.224 e. The summed E-state index contributed by atoms with van der Waals surface area (Å²) in [5.74, 6) is 1.17. The number of likely N-dealkylation sites (tertiary alicyclic amines) is 1. The molecular formula is C18H26ClN3O2. The zero-order valence-electron chi connectivity index (χ0n) is 14.1. The third-order valence-electron chi connectivity index (χ3n) is 4.60. The van der Waals surface area contributed by atoms with Gasteiger partial charge in [-0.25, -0.2) is 0 Å². The highest BCUT2D eigenvalue weighted by Gasteiger charge is 2.26. The number of fused-ring (bicyclic) bond motifs is 1. The standard InChI is InChI=1S/C18H25N3O2.ClH/c1-13-16(15-6-2-3-7-17(15)23-13)12-21-10-4-5-14(11-21)18(22)20-9-8-19;/h2-3,6-7,14H,4-5,8-12,19H2,1H3,(H,20,22);1H. The fraction of sp³-hybridized carbons (Fsp3) is 0.500. The minimum atomic E-state index is 0. The summed E-state index contributed by atoms with van der Waals surface area (Å²) in [5.41, 5.74) is 7.64. The van der Waals surface area contributed by atoms with Crippen LogP contribution in [0.2, 0.25) is 0 Å². The minimum absolute atomic E-state index is 0. The smallest absolute Gasteiger partial charge is 0.224 e. The van der Waals surface area contributed by atoms with E-state index in [0.717, 1.165) is 43.8 Å². The van der Waals surface area contributed by atoms with E-state index in [1.807, 2.05) is 25.1 Å². The quantitative estimate of drug-likeness (QED) is 0.868. The lowest BCUT2D eigenvalue weighted by molar-refractivity contribution is -0.126. The molecule has 1 aliphatic heterocycles. The second-order valence-corrected chi connectivity index (χ2v) is 6.29. The van der Waals surface area contributed by atoms with Gasteiger partial charge in [-0.15, -0.1) is 12.4 Å². The summed E-state index contributed by atoms with van der Waals surface area (Å²) in [7, 11) is 0. The first kappa shape index (κ1) is 18.8. The summed E-state index contributed by atoms with van der Waals surface area (Å²) in [6.45, 7) is 5.73. The Morgan fingerprint density at radius 2 is 2.21 bits per heavy atom. The van der Waals surface area contributed by atoms with E-state index in [4.69, 9.17) is 10.2 Å². The van der Waals surface area contributed by atoms with E-state index < -0.39 is 0 Å². The molecule has 1 aromatic carbocycles. The van der Waals surface area contributed by atoms with Gasteiger partial charge in [-0.05, 0) is 32.4 Å². The Morgan fingerprint density at radius 3 is 3.00 bits per heavy atom.